The van der Waals surface area contributed by atoms with Crippen LogP contribution in [0.3, 0.4) is 0 Å². The van der Waals surface area contributed by atoms with Crippen LogP contribution in [-0.4, -0.2) is 11.5 Å². The number of aryl methyl sites for hydroxylation is 1. The summed E-state index contributed by atoms with van der Waals surface area (Å²) < 4.78 is 0. The lowest BCUT2D eigenvalue weighted by molar-refractivity contribution is 0.714. The van der Waals surface area contributed by atoms with Crippen molar-refractivity contribution in [3.05, 3.63) is 52.8 Å². The van der Waals surface area contributed by atoms with Gasteiger partial charge < -0.3 is 10.6 Å². The van der Waals surface area contributed by atoms with Gasteiger partial charge in [-0.05, 0) is 49.1 Å². The second kappa shape index (κ2) is 5.33. The Morgan fingerprint density at radius 2 is 2.25 bits per heavy atom. The molecule has 0 bridgehead atoms. The fraction of sp³-hybridized carbons (Fsp3) is 0.312. The summed E-state index contributed by atoms with van der Waals surface area (Å²) in [7, 11) is 0. The van der Waals surface area contributed by atoms with E-state index in [1.54, 1.807) is 0 Å². The van der Waals surface area contributed by atoms with Gasteiger partial charge in [-0.25, -0.2) is 0 Å². The molecule has 2 N–H and O–H groups in total. The van der Waals surface area contributed by atoms with E-state index in [0.29, 0.717) is 16.8 Å². The van der Waals surface area contributed by atoms with Crippen LogP contribution in [0.4, 0.5) is 11.4 Å². The number of halogens is 1. The zero-order chi connectivity index (χ0) is 14.1. The summed E-state index contributed by atoms with van der Waals surface area (Å²) in [5.74, 6) is 0. The molecule has 0 aliphatic carbocycles. The van der Waals surface area contributed by atoms with Gasteiger partial charge in [-0.2, -0.15) is 0 Å². The molecule has 104 valence electrons. The van der Waals surface area contributed by atoms with Crippen LogP contribution in [-0.2, 0) is 0 Å². The number of nitrogens with two attached hydrogens (primary N) is 1. The molecule has 2 aromatic rings. The third kappa shape index (κ3) is 2.34. The third-order valence-corrected chi connectivity index (χ3v) is 4.27. The van der Waals surface area contributed by atoms with Crippen molar-refractivity contribution in [1.82, 2.24) is 4.98 Å². The molecule has 1 saturated heterocycles. The molecular formula is C16H18ClN3. The summed E-state index contributed by atoms with van der Waals surface area (Å²) in [5.41, 5.74) is 10.1. The number of hydrogen-bond donors (Lipinski definition) is 1. The minimum Gasteiger partial charge on any atom is -0.398 e. The van der Waals surface area contributed by atoms with Crippen LogP contribution >= 0.6 is 11.6 Å². The molecule has 0 amide bonds. The normalized spacial score (nSPS) is 18.5. The molecule has 0 radical (unpaired) electrons. The number of aromatic nitrogens is 1. The number of pyridine rings is 1. The van der Waals surface area contributed by atoms with Gasteiger partial charge in [0.05, 0.1) is 16.8 Å². The molecule has 1 aliphatic heterocycles. The van der Waals surface area contributed by atoms with Gasteiger partial charge in [0.2, 0.25) is 0 Å². The van der Waals surface area contributed by atoms with Gasteiger partial charge in [-0.3, -0.25) is 4.98 Å². The van der Waals surface area contributed by atoms with E-state index in [9.17, 15) is 0 Å². The van der Waals surface area contributed by atoms with E-state index in [4.69, 9.17) is 17.3 Å². The van der Waals surface area contributed by atoms with Crippen molar-refractivity contribution in [2.24, 2.45) is 0 Å². The second-order valence-corrected chi connectivity index (χ2v) is 5.71. The van der Waals surface area contributed by atoms with Crippen LogP contribution in [0, 0.1) is 6.92 Å². The largest absolute Gasteiger partial charge is 0.398 e. The maximum Gasteiger partial charge on any atom is 0.0656 e. The van der Waals surface area contributed by atoms with E-state index >= 15 is 0 Å². The predicted molar refractivity (Wildman–Crippen MR) is 84.2 cm³/mol. The van der Waals surface area contributed by atoms with Crippen LogP contribution in [0.2, 0.25) is 5.02 Å². The Kier molecular flexibility index (Phi) is 3.53. The van der Waals surface area contributed by atoms with E-state index in [0.717, 1.165) is 13.0 Å². The van der Waals surface area contributed by atoms with Gasteiger partial charge in [-0.1, -0.05) is 17.7 Å². The van der Waals surface area contributed by atoms with Gasteiger partial charge in [0, 0.05) is 24.6 Å². The first kappa shape index (κ1) is 13.3. The zero-order valence-corrected chi connectivity index (χ0v) is 12.3. The Morgan fingerprint density at radius 3 is 3.00 bits per heavy atom. The van der Waals surface area contributed by atoms with Crippen molar-refractivity contribution in [3.63, 3.8) is 0 Å². The number of anilines is 2. The molecular weight excluding hydrogens is 270 g/mol. The molecule has 20 heavy (non-hydrogen) atoms. The third-order valence-electron chi connectivity index (χ3n) is 3.95. The molecule has 3 nitrogen and oxygen atoms in total. The van der Waals surface area contributed by atoms with Crippen molar-refractivity contribution in [2.45, 2.75) is 25.8 Å². The Hall–Kier alpha value is -1.74. The summed E-state index contributed by atoms with van der Waals surface area (Å²) in [6.45, 7) is 3.13. The molecule has 4 heteroatoms. The van der Waals surface area contributed by atoms with Crippen LogP contribution in [0.15, 0.2) is 36.7 Å². The highest BCUT2D eigenvalue weighted by molar-refractivity contribution is 6.33. The SMILES string of the molecule is Cc1cc(N)c(Cl)cc1N1CCCC1c1cccnc1. The molecule has 1 fully saturated rings. The second-order valence-electron chi connectivity index (χ2n) is 5.30. The van der Waals surface area contributed by atoms with E-state index < -0.39 is 0 Å². The summed E-state index contributed by atoms with van der Waals surface area (Å²) in [5, 5.41) is 0.627. The highest BCUT2D eigenvalue weighted by Crippen LogP contribution is 2.39. The van der Waals surface area contributed by atoms with Crippen LogP contribution in [0.1, 0.15) is 30.0 Å². The fourth-order valence-corrected chi connectivity index (χ4v) is 3.14. The molecule has 1 aromatic heterocycles. The standard InChI is InChI=1S/C16H18ClN3/c1-11-8-14(18)13(17)9-16(11)20-7-3-5-15(20)12-4-2-6-19-10-12/h2,4,6,8-10,15H,3,5,7,18H2,1H3. The molecule has 1 aromatic carbocycles. The molecule has 2 heterocycles. The van der Waals surface area contributed by atoms with E-state index in [2.05, 4.69) is 22.9 Å². The van der Waals surface area contributed by atoms with E-state index in [1.807, 2.05) is 30.6 Å². The average Bonchev–Trinajstić information content (AvgIpc) is 2.93. The first-order valence-electron chi connectivity index (χ1n) is 6.89. The summed E-state index contributed by atoms with van der Waals surface area (Å²) >= 11 is 6.19. The monoisotopic (exact) mass is 287 g/mol. The highest BCUT2D eigenvalue weighted by atomic mass is 35.5. The molecule has 1 aliphatic rings. The lowest BCUT2D eigenvalue weighted by atomic mass is 10.1. The molecule has 0 spiro atoms. The van der Waals surface area contributed by atoms with Crippen molar-refractivity contribution < 1.29 is 0 Å². The highest BCUT2D eigenvalue weighted by Gasteiger charge is 2.27. The Morgan fingerprint density at radius 1 is 1.40 bits per heavy atom. The van der Waals surface area contributed by atoms with Crippen molar-refractivity contribution >= 4 is 23.0 Å². The molecule has 0 saturated carbocycles. The smallest absolute Gasteiger partial charge is 0.0656 e. The number of nitrogens with zero attached hydrogens (tertiary/aromatic N) is 2. The maximum absolute atomic E-state index is 6.19. The lowest BCUT2D eigenvalue weighted by Gasteiger charge is -2.29. The van der Waals surface area contributed by atoms with Gasteiger partial charge in [-0.15, -0.1) is 0 Å². The molecule has 3 rings (SSSR count). The van der Waals surface area contributed by atoms with E-state index in [1.165, 1.54) is 23.2 Å². The van der Waals surface area contributed by atoms with Crippen LogP contribution < -0.4 is 10.6 Å². The number of hydrogen-bond acceptors (Lipinski definition) is 3. The Bertz CT molecular complexity index is 613. The first-order valence-corrected chi connectivity index (χ1v) is 7.27. The summed E-state index contributed by atoms with van der Waals surface area (Å²) in [4.78, 5) is 6.65. The van der Waals surface area contributed by atoms with Crippen LogP contribution in [0.25, 0.3) is 0 Å². The fourth-order valence-electron chi connectivity index (χ4n) is 2.98. The van der Waals surface area contributed by atoms with Gasteiger partial charge in [0.1, 0.15) is 0 Å². The number of rotatable bonds is 2. The molecule has 1 unspecified atom stereocenters. The molecule has 1 atom stereocenters. The van der Waals surface area contributed by atoms with Gasteiger partial charge >= 0.3 is 0 Å². The Labute approximate surface area is 124 Å². The van der Waals surface area contributed by atoms with Crippen molar-refractivity contribution in [2.75, 3.05) is 17.2 Å². The van der Waals surface area contributed by atoms with Crippen LogP contribution in [0.5, 0.6) is 0 Å². The van der Waals surface area contributed by atoms with E-state index in [-0.39, 0.29) is 0 Å². The van der Waals surface area contributed by atoms with Gasteiger partial charge in [0.25, 0.3) is 0 Å². The number of nitrogen functional groups attached to an aromatic ring is 1. The quantitative estimate of drug-likeness (QED) is 0.850. The first-order chi connectivity index (χ1) is 9.66. The minimum atomic E-state index is 0.377. The van der Waals surface area contributed by atoms with Crippen molar-refractivity contribution in [1.29, 1.82) is 0 Å². The minimum absolute atomic E-state index is 0.377. The maximum atomic E-state index is 6.19. The Balaban J connectivity index is 1.99. The van der Waals surface area contributed by atoms with Crippen molar-refractivity contribution in [3.8, 4) is 0 Å². The lowest BCUT2D eigenvalue weighted by Crippen LogP contribution is -2.23. The summed E-state index contributed by atoms with van der Waals surface area (Å²) in [6, 6.07) is 8.46. The summed E-state index contributed by atoms with van der Waals surface area (Å²) in [6.07, 6.45) is 6.10. The predicted octanol–water partition coefficient (Wildman–Crippen LogP) is 3.97. The zero-order valence-electron chi connectivity index (χ0n) is 11.5. The number of benzene rings is 1. The topological polar surface area (TPSA) is 42.1 Å². The van der Waals surface area contributed by atoms with Gasteiger partial charge in [0.15, 0.2) is 0 Å². The average molecular weight is 288 g/mol.